The number of nitrogens with zero attached hydrogens (tertiary/aromatic N) is 1. The van der Waals surface area contributed by atoms with Gasteiger partial charge in [-0.15, -0.1) is 11.3 Å². The topological polar surface area (TPSA) is 93.9 Å². The largest absolute Gasteiger partial charge is 0.493 e. The second-order valence-corrected chi connectivity index (χ2v) is 6.71. The average Bonchev–Trinajstić information content (AvgIpc) is 3.10. The molecular formula is C19H25N3O4S. The average molecular weight is 391 g/mol. The van der Waals surface area contributed by atoms with Crippen molar-refractivity contribution in [3.8, 4) is 11.5 Å². The molecule has 0 aliphatic rings. The Balaban J connectivity index is 2.01. The number of thiophene rings is 1. The molecular weight excluding hydrogens is 366 g/mol. The van der Waals surface area contributed by atoms with Crippen molar-refractivity contribution in [1.82, 2.24) is 4.90 Å². The molecule has 2 rings (SSSR count). The Hall–Kier alpha value is -2.58. The molecule has 3 N–H and O–H groups in total. The Morgan fingerprint density at radius 3 is 2.63 bits per heavy atom. The zero-order valence-corrected chi connectivity index (χ0v) is 16.6. The number of amides is 2. The standard InChI is InChI=1S/C19H25N3O4S/c1-4-22(11-13-6-7-15(26-5-2)16(10-13)25-3)12-17(23)21-19-14(18(20)24)8-9-27-19/h6-10H,4-5,11-12H2,1-3H3,(H2,20,24)(H,21,23). The lowest BCUT2D eigenvalue weighted by atomic mass is 10.2. The van der Waals surface area contributed by atoms with Gasteiger partial charge in [-0.1, -0.05) is 13.0 Å². The summed E-state index contributed by atoms with van der Waals surface area (Å²) >= 11 is 1.27. The van der Waals surface area contributed by atoms with Gasteiger partial charge in [0.2, 0.25) is 5.91 Å². The SMILES string of the molecule is CCOc1ccc(CN(CC)CC(=O)Nc2sccc2C(N)=O)cc1OC. The highest BCUT2D eigenvalue weighted by Crippen LogP contribution is 2.28. The number of primary amides is 1. The first-order chi connectivity index (χ1) is 13.0. The van der Waals surface area contributed by atoms with Crippen molar-refractivity contribution < 1.29 is 19.1 Å². The minimum absolute atomic E-state index is 0.195. The van der Waals surface area contributed by atoms with E-state index in [1.807, 2.05) is 36.9 Å². The van der Waals surface area contributed by atoms with Crippen molar-refractivity contribution in [2.45, 2.75) is 20.4 Å². The van der Waals surface area contributed by atoms with E-state index in [9.17, 15) is 9.59 Å². The molecule has 0 radical (unpaired) electrons. The molecule has 0 bridgehead atoms. The fraction of sp³-hybridized carbons (Fsp3) is 0.368. The highest BCUT2D eigenvalue weighted by Gasteiger charge is 2.15. The number of nitrogens with two attached hydrogens (primary N) is 1. The fourth-order valence-electron chi connectivity index (χ4n) is 2.59. The first kappa shape index (κ1) is 20.7. The number of carbonyl (C=O) groups excluding carboxylic acids is 2. The van der Waals surface area contributed by atoms with Crippen molar-refractivity contribution in [2.24, 2.45) is 5.73 Å². The van der Waals surface area contributed by atoms with Crippen LogP contribution in [-0.2, 0) is 11.3 Å². The van der Waals surface area contributed by atoms with Gasteiger partial charge in [0.15, 0.2) is 11.5 Å². The minimum Gasteiger partial charge on any atom is -0.493 e. The first-order valence-corrected chi connectivity index (χ1v) is 9.55. The predicted octanol–water partition coefficient (Wildman–Crippen LogP) is 2.71. The molecule has 0 aliphatic carbocycles. The van der Waals surface area contributed by atoms with E-state index in [2.05, 4.69) is 5.32 Å². The Kier molecular flexibility index (Phi) is 7.63. The van der Waals surface area contributed by atoms with Gasteiger partial charge in [-0.05, 0) is 42.6 Å². The van der Waals surface area contributed by atoms with Gasteiger partial charge in [-0.3, -0.25) is 14.5 Å². The van der Waals surface area contributed by atoms with Gasteiger partial charge in [0.05, 0.1) is 25.8 Å². The van der Waals surface area contributed by atoms with Crippen LogP contribution in [0.5, 0.6) is 11.5 Å². The second kappa shape index (κ2) is 9.94. The molecule has 0 saturated carbocycles. The van der Waals surface area contributed by atoms with Crippen LogP contribution in [0.1, 0.15) is 29.8 Å². The molecule has 1 aromatic heterocycles. The summed E-state index contributed by atoms with van der Waals surface area (Å²) in [6.45, 7) is 5.94. The Labute approximate surface area is 163 Å². The Bertz CT molecular complexity index is 791. The Morgan fingerprint density at radius 2 is 2.00 bits per heavy atom. The molecule has 0 atom stereocenters. The number of nitrogens with one attached hydrogen (secondary N) is 1. The number of carbonyl (C=O) groups is 2. The van der Waals surface area contributed by atoms with Gasteiger partial charge >= 0.3 is 0 Å². The highest BCUT2D eigenvalue weighted by atomic mass is 32.1. The molecule has 0 fully saturated rings. The van der Waals surface area contributed by atoms with Crippen LogP contribution in [0.4, 0.5) is 5.00 Å². The number of rotatable bonds is 10. The van der Waals surface area contributed by atoms with E-state index in [1.54, 1.807) is 18.6 Å². The summed E-state index contributed by atoms with van der Waals surface area (Å²) in [6, 6.07) is 7.34. The monoisotopic (exact) mass is 391 g/mol. The third-order valence-electron chi connectivity index (χ3n) is 3.93. The first-order valence-electron chi connectivity index (χ1n) is 8.67. The molecule has 8 heteroatoms. The van der Waals surface area contributed by atoms with Crippen molar-refractivity contribution in [3.05, 3.63) is 40.8 Å². The fourth-order valence-corrected chi connectivity index (χ4v) is 3.40. The van der Waals surface area contributed by atoms with Crippen LogP contribution in [0.2, 0.25) is 0 Å². The van der Waals surface area contributed by atoms with E-state index < -0.39 is 5.91 Å². The van der Waals surface area contributed by atoms with Gasteiger partial charge in [0.25, 0.3) is 5.91 Å². The lowest BCUT2D eigenvalue weighted by molar-refractivity contribution is -0.117. The van der Waals surface area contributed by atoms with Crippen LogP contribution in [0.25, 0.3) is 0 Å². The minimum atomic E-state index is -0.555. The summed E-state index contributed by atoms with van der Waals surface area (Å²) in [7, 11) is 1.60. The molecule has 0 saturated heterocycles. The molecule has 1 heterocycles. The van der Waals surface area contributed by atoms with E-state index in [0.29, 0.717) is 41.8 Å². The van der Waals surface area contributed by atoms with Crippen LogP contribution < -0.4 is 20.5 Å². The van der Waals surface area contributed by atoms with Crippen molar-refractivity contribution >= 4 is 28.2 Å². The number of likely N-dealkylation sites (N-methyl/N-ethyl adjacent to an activating group) is 1. The number of hydrogen-bond acceptors (Lipinski definition) is 6. The van der Waals surface area contributed by atoms with Crippen LogP contribution in [0.15, 0.2) is 29.6 Å². The normalized spacial score (nSPS) is 10.7. The smallest absolute Gasteiger partial charge is 0.251 e. The second-order valence-electron chi connectivity index (χ2n) is 5.80. The molecule has 2 amide bonds. The van der Waals surface area contributed by atoms with Gasteiger partial charge in [0.1, 0.15) is 5.00 Å². The molecule has 7 nitrogen and oxygen atoms in total. The number of anilines is 1. The number of methoxy groups -OCH3 is 1. The molecule has 0 spiro atoms. The van der Waals surface area contributed by atoms with E-state index in [4.69, 9.17) is 15.2 Å². The zero-order valence-electron chi connectivity index (χ0n) is 15.8. The van der Waals surface area contributed by atoms with E-state index >= 15 is 0 Å². The van der Waals surface area contributed by atoms with E-state index in [-0.39, 0.29) is 12.5 Å². The number of hydrogen-bond donors (Lipinski definition) is 2. The number of benzene rings is 1. The summed E-state index contributed by atoms with van der Waals surface area (Å²) in [5, 5.41) is 4.96. The van der Waals surface area contributed by atoms with Gasteiger partial charge in [0, 0.05) is 6.54 Å². The van der Waals surface area contributed by atoms with E-state index in [1.165, 1.54) is 11.3 Å². The summed E-state index contributed by atoms with van der Waals surface area (Å²) in [5.74, 6) is 0.612. The maximum atomic E-state index is 12.4. The number of ether oxygens (including phenoxy) is 2. The molecule has 0 unspecified atom stereocenters. The Morgan fingerprint density at radius 1 is 1.22 bits per heavy atom. The zero-order chi connectivity index (χ0) is 19.8. The third kappa shape index (κ3) is 5.70. The van der Waals surface area contributed by atoms with Crippen molar-refractivity contribution in [1.29, 1.82) is 0 Å². The maximum absolute atomic E-state index is 12.4. The highest BCUT2D eigenvalue weighted by molar-refractivity contribution is 7.14. The van der Waals surface area contributed by atoms with Crippen LogP contribution >= 0.6 is 11.3 Å². The van der Waals surface area contributed by atoms with E-state index in [0.717, 1.165) is 5.56 Å². The van der Waals surface area contributed by atoms with Crippen molar-refractivity contribution in [2.75, 3.05) is 32.1 Å². The lowest BCUT2D eigenvalue weighted by Gasteiger charge is -2.20. The molecule has 1 aromatic carbocycles. The lowest BCUT2D eigenvalue weighted by Crippen LogP contribution is -2.33. The van der Waals surface area contributed by atoms with Crippen LogP contribution in [-0.4, -0.2) is 43.5 Å². The molecule has 27 heavy (non-hydrogen) atoms. The summed E-state index contributed by atoms with van der Waals surface area (Å²) in [5.41, 5.74) is 6.65. The molecule has 0 aliphatic heterocycles. The maximum Gasteiger partial charge on any atom is 0.251 e. The van der Waals surface area contributed by atoms with Crippen molar-refractivity contribution in [3.63, 3.8) is 0 Å². The van der Waals surface area contributed by atoms with Crippen LogP contribution in [0.3, 0.4) is 0 Å². The predicted molar refractivity (Wildman–Crippen MR) is 107 cm³/mol. The third-order valence-corrected chi connectivity index (χ3v) is 4.76. The molecule has 146 valence electrons. The van der Waals surface area contributed by atoms with Gasteiger partial charge < -0.3 is 20.5 Å². The summed E-state index contributed by atoms with van der Waals surface area (Å²) in [4.78, 5) is 25.7. The molecule has 2 aromatic rings. The summed E-state index contributed by atoms with van der Waals surface area (Å²) in [6.07, 6.45) is 0. The van der Waals surface area contributed by atoms with Gasteiger partial charge in [-0.2, -0.15) is 0 Å². The van der Waals surface area contributed by atoms with Gasteiger partial charge in [-0.25, -0.2) is 0 Å². The van der Waals surface area contributed by atoms with Crippen LogP contribution in [0, 0.1) is 0 Å². The quantitative estimate of drug-likeness (QED) is 0.649. The summed E-state index contributed by atoms with van der Waals surface area (Å²) < 4.78 is 10.9.